The lowest BCUT2D eigenvalue weighted by Gasteiger charge is -2.37. The van der Waals surface area contributed by atoms with E-state index in [0.717, 1.165) is 5.69 Å². The van der Waals surface area contributed by atoms with E-state index in [0.29, 0.717) is 37.6 Å². The number of aromatic nitrogens is 2. The second-order valence-electron chi connectivity index (χ2n) is 6.65. The Kier molecular flexibility index (Phi) is 5.88. The third kappa shape index (κ3) is 4.29. The van der Waals surface area contributed by atoms with Crippen LogP contribution in [0.15, 0.2) is 6.20 Å². The van der Waals surface area contributed by atoms with Crippen LogP contribution in [0.1, 0.15) is 55.0 Å². The van der Waals surface area contributed by atoms with Gasteiger partial charge in [-0.1, -0.05) is 13.8 Å². The minimum atomic E-state index is -0.792. The summed E-state index contributed by atoms with van der Waals surface area (Å²) < 4.78 is 0. The molecule has 1 aromatic rings. The van der Waals surface area contributed by atoms with Crippen LogP contribution >= 0.6 is 0 Å². The van der Waals surface area contributed by atoms with Crippen molar-refractivity contribution in [3.05, 3.63) is 23.3 Å². The summed E-state index contributed by atoms with van der Waals surface area (Å²) in [5, 5.41) is 8.90. The molecule has 1 atom stereocenters. The van der Waals surface area contributed by atoms with Gasteiger partial charge in [-0.2, -0.15) is 0 Å². The lowest BCUT2D eigenvalue weighted by Crippen LogP contribution is -2.51. The molecule has 1 unspecified atom stereocenters. The molecule has 24 heavy (non-hydrogen) atoms. The maximum atomic E-state index is 12.8. The number of rotatable bonds is 5. The largest absolute Gasteiger partial charge is 0.481 e. The Hall–Kier alpha value is -2.02. The van der Waals surface area contributed by atoms with Crippen LogP contribution in [0, 0.1) is 6.92 Å². The SMILES string of the molecule is Cc1ncc(C(=O)N2CCN(C(C)CC(=O)O)CC2)c(C(C)C)n1. The minimum absolute atomic E-state index is 0.0197. The van der Waals surface area contributed by atoms with Gasteiger partial charge in [-0.05, 0) is 19.8 Å². The summed E-state index contributed by atoms with van der Waals surface area (Å²) in [7, 11) is 0. The van der Waals surface area contributed by atoms with Crippen LogP contribution in [0.25, 0.3) is 0 Å². The molecule has 2 heterocycles. The minimum Gasteiger partial charge on any atom is -0.481 e. The molecule has 1 aliphatic heterocycles. The van der Waals surface area contributed by atoms with E-state index in [2.05, 4.69) is 14.9 Å². The number of carboxylic acids is 1. The second-order valence-corrected chi connectivity index (χ2v) is 6.65. The van der Waals surface area contributed by atoms with Gasteiger partial charge in [0.15, 0.2) is 0 Å². The molecular formula is C17H26N4O3. The van der Waals surface area contributed by atoms with Crippen molar-refractivity contribution in [3.8, 4) is 0 Å². The first-order valence-corrected chi connectivity index (χ1v) is 8.38. The molecule has 1 fully saturated rings. The van der Waals surface area contributed by atoms with E-state index < -0.39 is 5.97 Å². The maximum Gasteiger partial charge on any atom is 0.304 e. The number of carbonyl (C=O) groups excluding carboxylic acids is 1. The van der Waals surface area contributed by atoms with Crippen molar-refractivity contribution in [1.82, 2.24) is 19.8 Å². The van der Waals surface area contributed by atoms with Gasteiger partial charge in [0.2, 0.25) is 0 Å². The second kappa shape index (κ2) is 7.70. The predicted octanol–water partition coefficient (Wildman–Crippen LogP) is 1.53. The van der Waals surface area contributed by atoms with Gasteiger partial charge < -0.3 is 10.0 Å². The van der Waals surface area contributed by atoms with Crippen LogP contribution in [0.4, 0.5) is 0 Å². The number of amides is 1. The Morgan fingerprint density at radius 1 is 1.21 bits per heavy atom. The molecule has 0 aliphatic carbocycles. The monoisotopic (exact) mass is 334 g/mol. The van der Waals surface area contributed by atoms with Gasteiger partial charge in [-0.3, -0.25) is 14.5 Å². The third-order valence-corrected chi connectivity index (χ3v) is 4.41. The van der Waals surface area contributed by atoms with Crippen molar-refractivity contribution < 1.29 is 14.7 Å². The quantitative estimate of drug-likeness (QED) is 0.879. The molecule has 1 saturated heterocycles. The van der Waals surface area contributed by atoms with Crippen molar-refractivity contribution >= 4 is 11.9 Å². The number of hydrogen-bond donors (Lipinski definition) is 1. The number of hydrogen-bond acceptors (Lipinski definition) is 5. The lowest BCUT2D eigenvalue weighted by atomic mass is 10.0. The Morgan fingerprint density at radius 2 is 1.83 bits per heavy atom. The Bertz CT molecular complexity index is 610. The molecule has 0 bridgehead atoms. The molecule has 1 N–H and O–H groups in total. The first kappa shape index (κ1) is 18.3. The summed E-state index contributed by atoms with van der Waals surface area (Å²) in [5.41, 5.74) is 1.36. The fourth-order valence-corrected chi connectivity index (χ4v) is 3.01. The maximum absolute atomic E-state index is 12.8. The number of piperazine rings is 1. The van der Waals surface area contributed by atoms with Gasteiger partial charge in [0.25, 0.3) is 5.91 Å². The summed E-state index contributed by atoms with van der Waals surface area (Å²) in [6.07, 6.45) is 1.75. The van der Waals surface area contributed by atoms with Crippen molar-refractivity contribution in [1.29, 1.82) is 0 Å². The highest BCUT2D eigenvalue weighted by Gasteiger charge is 2.27. The van der Waals surface area contributed by atoms with Crippen molar-refractivity contribution in [2.24, 2.45) is 0 Å². The van der Waals surface area contributed by atoms with E-state index in [9.17, 15) is 9.59 Å². The molecule has 2 rings (SSSR count). The number of nitrogens with zero attached hydrogens (tertiary/aromatic N) is 4. The third-order valence-electron chi connectivity index (χ3n) is 4.41. The molecule has 0 aromatic carbocycles. The standard InChI is InChI=1S/C17H26N4O3/c1-11(2)16-14(10-18-13(4)19-16)17(24)21-7-5-20(6-8-21)12(3)9-15(22)23/h10-12H,5-9H2,1-4H3,(H,22,23). The van der Waals surface area contributed by atoms with Crippen molar-refractivity contribution in [2.45, 2.75) is 46.1 Å². The van der Waals surface area contributed by atoms with E-state index in [1.807, 2.05) is 32.6 Å². The van der Waals surface area contributed by atoms with Gasteiger partial charge in [-0.25, -0.2) is 9.97 Å². The van der Waals surface area contributed by atoms with Gasteiger partial charge in [0.1, 0.15) is 5.82 Å². The van der Waals surface area contributed by atoms with E-state index in [-0.39, 0.29) is 24.3 Å². The molecular weight excluding hydrogens is 308 g/mol. The summed E-state index contributed by atoms with van der Waals surface area (Å²) in [6, 6.07) is -0.0197. The predicted molar refractivity (Wildman–Crippen MR) is 90.0 cm³/mol. The topological polar surface area (TPSA) is 86.6 Å². The van der Waals surface area contributed by atoms with E-state index in [1.165, 1.54) is 0 Å². The summed E-state index contributed by atoms with van der Waals surface area (Å²) in [4.78, 5) is 36.2. The van der Waals surface area contributed by atoms with E-state index in [4.69, 9.17) is 5.11 Å². The zero-order valence-electron chi connectivity index (χ0n) is 14.8. The first-order chi connectivity index (χ1) is 11.3. The molecule has 0 radical (unpaired) electrons. The summed E-state index contributed by atoms with van der Waals surface area (Å²) in [6.45, 7) is 10.3. The molecule has 7 nitrogen and oxygen atoms in total. The van der Waals surface area contributed by atoms with Gasteiger partial charge in [-0.15, -0.1) is 0 Å². The van der Waals surface area contributed by atoms with Crippen LogP contribution in [0.2, 0.25) is 0 Å². The highest BCUT2D eigenvalue weighted by atomic mass is 16.4. The van der Waals surface area contributed by atoms with Gasteiger partial charge in [0.05, 0.1) is 17.7 Å². The van der Waals surface area contributed by atoms with E-state index in [1.54, 1.807) is 6.20 Å². The molecule has 0 spiro atoms. The Morgan fingerprint density at radius 3 is 2.38 bits per heavy atom. The molecule has 132 valence electrons. The fraction of sp³-hybridized carbons (Fsp3) is 0.647. The van der Waals surface area contributed by atoms with Crippen molar-refractivity contribution in [3.63, 3.8) is 0 Å². The Balaban J connectivity index is 2.04. The molecule has 1 amide bonds. The summed E-state index contributed by atoms with van der Waals surface area (Å²) >= 11 is 0. The van der Waals surface area contributed by atoms with Crippen molar-refractivity contribution in [2.75, 3.05) is 26.2 Å². The number of aliphatic carboxylic acids is 1. The van der Waals surface area contributed by atoms with Crippen LogP contribution in [-0.2, 0) is 4.79 Å². The average Bonchev–Trinajstić information content (AvgIpc) is 2.53. The normalized spacial score (nSPS) is 17.1. The smallest absolute Gasteiger partial charge is 0.304 e. The average molecular weight is 334 g/mol. The molecule has 1 aromatic heterocycles. The van der Waals surface area contributed by atoms with Gasteiger partial charge >= 0.3 is 5.97 Å². The lowest BCUT2D eigenvalue weighted by molar-refractivity contribution is -0.138. The fourth-order valence-electron chi connectivity index (χ4n) is 3.01. The number of carbonyl (C=O) groups is 2. The number of aryl methyl sites for hydroxylation is 1. The van der Waals surface area contributed by atoms with Crippen LogP contribution in [-0.4, -0.2) is 69.0 Å². The molecule has 1 aliphatic rings. The van der Waals surface area contributed by atoms with Gasteiger partial charge in [0, 0.05) is 38.4 Å². The zero-order valence-corrected chi connectivity index (χ0v) is 14.8. The number of carboxylic acid groups (broad SMARTS) is 1. The van der Waals surface area contributed by atoms with Crippen LogP contribution in [0.5, 0.6) is 0 Å². The highest BCUT2D eigenvalue weighted by molar-refractivity contribution is 5.95. The van der Waals surface area contributed by atoms with Crippen LogP contribution < -0.4 is 0 Å². The van der Waals surface area contributed by atoms with Crippen LogP contribution in [0.3, 0.4) is 0 Å². The van der Waals surface area contributed by atoms with E-state index >= 15 is 0 Å². The molecule has 7 heteroatoms. The summed E-state index contributed by atoms with van der Waals surface area (Å²) in [5.74, 6) is -0.00582. The zero-order chi connectivity index (χ0) is 17.9. The molecule has 0 saturated carbocycles. The Labute approximate surface area is 142 Å². The highest BCUT2D eigenvalue weighted by Crippen LogP contribution is 2.19. The first-order valence-electron chi connectivity index (χ1n) is 8.38.